The Morgan fingerprint density at radius 2 is 1.95 bits per heavy atom. The van der Waals surface area contributed by atoms with E-state index in [4.69, 9.17) is 15.2 Å². The second kappa shape index (κ2) is 8.32. The molecule has 118 valence electrons. The highest BCUT2D eigenvalue weighted by Gasteiger charge is 2.26. The van der Waals surface area contributed by atoms with Crippen LogP contribution >= 0.6 is 0 Å². The first-order valence-electron chi connectivity index (χ1n) is 8.34. The average Bonchev–Trinajstić information content (AvgIpc) is 2.48. The first kappa shape index (κ1) is 16.2. The van der Waals surface area contributed by atoms with Gasteiger partial charge in [0, 0.05) is 25.7 Å². The largest absolute Gasteiger partial charge is 0.378 e. The molecule has 0 aromatic heterocycles. The van der Waals surface area contributed by atoms with Gasteiger partial charge in [-0.05, 0) is 45.1 Å². The minimum Gasteiger partial charge on any atom is -0.378 e. The minimum absolute atomic E-state index is 0.242. The molecule has 20 heavy (non-hydrogen) atoms. The van der Waals surface area contributed by atoms with Gasteiger partial charge < -0.3 is 15.2 Å². The third kappa shape index (κ3) is 4.69. The van der Waals surface area contributed by atoms with Gasteiger partial charge in [0.2, 0.25) is 0 Å². The van der Waals surface area contributed by atoms with E-state index in [2.05, 4.69) is 18.7 Å². The average molecular weight is 284 g/mol. The van der Waals surface area contributed by atoms with Crippen molar-refractivity contribution in [3.63, 3.8) is 0 Å². The monoisotopic (exact) mass is 284 g/mol. The first-order chi connectivity index (χ1) is 9.70. The van der Waals surface area contributed by atoms with Crippen LogP contribution < -0.4 is 5.73 Å². The van der Waals surface area contributed by atoms with Gasteiger partial charge in [-0.25, -0.2) is 0 Å². The highest BCUT2D eigenvalue weighted by molar-refractivity contribution is 4.77. The summed E-state index contributed by atoms with van der Waals surface area (Å²) >= 11 is 0. The second-order valence-corrected chi connectivity index (χ2v) is 6.66. The van der Waals surface area contributed by atoms with Gasteiger partial charge in [-0.1, -0.05) is 12.8 Å². The Balaban J connectivity index is 1.67. The molecule has 1 aliphatic heterocycles. The van der Waals surface area contributed by atoms with E-state index in [0.717, 1.165) is 39.5 Å². The zero-order valence-electron chi connectivity index (χ0n) is 13.2. The zero-order valence-corrected chi connectivity index (χ0v) is 13.2. The lowest BCUT2D eigenvalue weighted by atomic mass is 9.80. The van der Waals surface area contributed by atoms with E-state index in [1.807, 2.05) is 0 Å². The second-order valence-electron chi connectivity index (χ2n) is 6.66. The zero-order chi connectivity index (χ0) is 14.4. The van der Waals surface area contributed by atoms with Crippen LogP contribution in [0.5, 0.6) is 0 Å². The fourth-order valence-corrected chi connectivity index (χ4v) is 3.48. The van der Waals surface area contributed by atoms with Crippen LogP contribution in [0.2, 0.25) is 0 Å². The molecule has 3 atom stereocenters. The molecule has 1 saturated carbocycles. The predicted octanol–water partition coefficient (Wildman–Crippen LogP) is 1.88. The number of ether oxygens (including phenoxy) is 2. The maximum Gasteiger partial charge on any atom is 0.0935 e. The standard InChI is InChI=1S/C16H32N2O2/c1-13(2)18-7-8-20-16(10-18)12-19-11-15-6-4-3-5-14(15)9-17/h13-16H,3-12,17H2,1-2H3. The predicted molar refractivity (Wildman–Crippen MR) is 81.8 cm³/mol. The Morgan fingerprint density at radius 1 is 1.20 bits per heavy atom. The Kier molecular flexibility index (Phi) is 6.75. The summed E-state index contributed by atoms with van der Waals surface area (Å²) in [7, 11) is 0. The van der Waals surface area contributed by atoms with Crippen molar-refractivity contribution >= 4 is 0 Å². The molecule has 3 unspecified atom stereocenters. The van der Waals surface area contributed by atoms with E-state index in [0.29, 0.717) is 17.9 Å². The summed E-state index contributed by atoms with van der Waals surface area (Å²) in [5.41, 5.74) is 5.87. The highest BCUT2D eigenvalue weighted by atomic mass is 16.5. The van der Waals surface area contributed by atoms with Gasteiger partial charge in [0.1, 0.15) is 0 Å². The topological polar surface area (TPSA) is 47.7 Å². The third-order valence-electron chi connectivity index (χ3n) is 4.91. The normalized spacial score (nSPS) is 32.7. The third-order valence-corrected chi connectivity index (χ3v) is 4.91. The van der Waals surface area contributed by atoms with Crippen molar-refractivity contribution in [1.82, 2.24) is 4.90 Å². The molecule has 0 amide bonds. The summed E-state index contributed by atoms with van der Waals surface area (Å²) in [6.07, 6.45) is 5.49. The van der Waals surface area contributed by atoms with Gasteiger partial charge in [-0.15, -0.1) is 0 Å². The number of nitrogens with two attached hydrogens (primary N) is 1. The van der Waals surface area contributed by atoms with Crippen LogP contribution in [-0.2, 0) is 9.47 Å². The molecule has 0 aromatic carbocycles. The summed E-state index contributed by atoms with van der Waals surface area (Å²) in [6.45, 7) is 9.79. The van der Waals surface area contributed by atoms with E-state index >= 15 is 0 Å². The maximum atomic E-state index is 5.97. The summed E-state index contributed by atoms with van der Waals surface area (Å²) in [6, 6.07) is 0.598. The molecule has 2 N–H and O–H groups in total. The molecule has 0 aromatic rings. The SMILES string of the molecule is CC(C)N1CCOC(COCC2CCCCC2CN)C1. The van der Waals surface area contributed by atoms with Crippen molar-refractivity contribution in [3.8, 4) is 0 Å². The molecular formula is C16H32N2O2. The van der Waals surface area contributed by atoms with Crippen LogP contribution in [0.15, 0.2) is 0 Å². The van der Waals surface area contributed by atoms with Gasteiger partial charge in [-0.3, -0.25) is 4.90 Å². The van der Waals surface area contributed by atoms with Gasteiger partial charge in [0.25, 0.3) is 0 Å². The van der Waals surface area contributed by atoms with Crippen molar-refractivity contribution in [2.24, 2.45) is 17.6 Å². The van der Waals surface area contributed by atoms with Crippen molar-refractivity contribution in [2.45, 2.75) is 51.7 Å². The van der Waals surface area contributed by atoms with Gasteiger partial charge in [-0.2, -0.15) is 0 Å². The van der Waals surface area contributed by atoms with Crippen molar-refractivity contribution < 1.29 is 9.47 Å². The fourth-order valence-electron chi connectivity index (χ4n) is 3.48. The molecule has 1 aliphatic carbocycles. The molecule has 2 aliphatic rings. The highest BCUT2D eigenvalue weighted by Crippen LogP contribution is 2.29. The lowest BCUT2D eigenvalue weighted by Gasteiger charge is -2.36. The number of rotatable bonds is 6. The minimum atomic E-state index is 0.242. The quantitative estimate of drug-likeness (QED) is 0.809. The van der Waals surface area contributed by atoms with Crippen LogP contribution in [0, 0.1) is 11.8 Å². The Labute approximate surface area is 124 Å². The van der Waals surface area contributed by atoms with Crippen LogP contribution in [0.4, 0.5) is 0 Å². The van der Waals surface area contributed by atoms with Crippen LogP contribution in [0.25, 0.3) is 0 Å². The molecule has 1 heterocycles. The van der Waals surface area contributed by atoms with Crippen molar-refractivity contribution in [1.29, 1.82) is 0 Å². The molecule has 4 nitrogen and oxygen atoms in total. The molecule has 0 bridgehead atoms. The number of hydrogen-bond donors (Lipinski definition) is 1. The summed E-state index contributed by atoms with van der Waals surface area (Å²) in [4.78, 5) is 2.47. The summed E-state index contributed by atoms with van der Waals surface area (Å²) < 4.78 is 11.8. The Morgan fingerprint density at radius 3 is 2.65 bits per heavy atom. The smallest absolute Gasteiger partial charge is 0.0935 e. The van der Waals surface area contributed by atoms with Gasteiger partial charge in [0.05, 0.1) is 19.3 Å². The molecule has 2 rings (SSSR count). The number of morpholine rings is 1. The molecule has 0 spiro atoms. The lowest BCUT2D eigenvalue weighted by Crippen LogP contribution is -2.47. The maximum absolute atomic E-state index is 5.97. The fraction of sp³-hybridized carbons (Fsp3) is 1.00. The van der Waals surface area contributed by atoms with E-state index in [-0.39, 0.29) is 6.10 Å². The van der Waals surface area contributed by atoms with Gasteiger partial charge >= 0.3 is 0 Å². The Hall–Kier alpha value is -0.160. The molecule has 0 radical (unpaired) electrons. The van der Waals surface area contributed by atoms with Crippen LogP contribution in [0.3, 0.4) is 0 Å². The number of nitrogens with zero attached hydrogens (tertiary/aromatic N) is 1. The van der Waals surface area contributed by atoms with Crippen molar-refractivity contribution in [2.75, 3.05) is 39.5 Å². The van der Waals surface area contributed by atoms with Gasteiger partial charge in [0.15, 0.2) is 0 Å². The van der Waals surface area contributed by atoms with Crippen LogP contribution in [0.1, 0.15) is 39.5 Å². The van der Waals surface area contributed by atoms with Crippen LogP contribution in [-0.4, -0.2) is 56.5 Å². The summed E-state index contributed by atoms with van der Waals surface area (Å²) in [5.74, 6) is 1.33. The van der Waals surface area contributed by atoms with E-state index in [1.165, 1.54) is 25.7 Å². The Bertz CT molecular complexity index is 273. The molecule has 4 heteroatoms. The number of hydrogen-bond acceptors (Lipinski definition) is 4. The van der Waals surface area contributed by atoms with E-state index in [1.54, 1.807) is 0 Å². The molecular weight excluding hydrogens is 252 g/mol. The lowest BCUT2D eigenvalue weighted by molar-refractivity contribution is -0.0829. The molecule has 1 saturated heterocycles. The summed E-state index contributed by atoms with van der Waals surface area (Å²) in [5, 5.41) is 0. The van der Waals surface area contributed by atoms with Crippen molar-refractivity contribution in [3.05, 3.63) is 0 Å². The van der Waals surface area contributed by atoms with E-state index < -0.39 is 0 Å². The first-order valence-corrected chi connectivity index (χ1v) is 8.34. The molecule has 2 fully saturated rings. The van der Waals surface area contributed by atoms with E-state index in [9.17, 15) is 0 Å².